The Bertz CT molecular complexity index is 369. The molecule has 116 valence electrons. The topological polar surface area (TPSA) is 63.6 Å². The molecule has 5 heteroatoms. The van der Waals surface area contributed by atoms with E-state index in [1.807, 2.05) is 0 Å². The number of carboxylic acids is 1. The minimum atomic E-state index is -2.25. The largest absolute Gasteiger partial charge is 0.516 e. The molecular formula is C15H28O4Si. The summed E-state index contributed by atoms with van der Waals surface area (Å²) in [5.74, 6) is -1.04. The summed E-state index contributed by atoms with van der Waals surface area (Å²) in [6.07, 6.45) is 3.98. The molecule has 0 saturated carbocycles. The first-order chi connectivity index (χ1) is 8.98. The van der Waals surface area contributed by atoms with Gasteiger partial charge in [-0.2, -0.15) is 0 Å². The zero-order chi connectivity index (χ0) is 16.0. The van der Waals surface area contributed by atoms with Crippen molar-refractivity contribution < 1.29 is 19.1 Å². The highest BCUT2D eigenvalue weighted by Crippen LogP contribution is 2.41. The minimum Gasteiger partial charge on any atom is -0.516 e. The van der Waals surface area contributed by atoms with Crippen molar-refractivity contribution in [1.29, 1.82) is 0 Å². The number of carboxylic acid groups (broad SMARTS) is 1. The molecule has 0 amide bonds. The van der Waals surface area contributed by atoms with E-state index in [2.05, 4.69) is 41.2 Å². The fourth-order valence-electron chi connectivity index (χ4n) is 1.82. The first kappa shape index (κ1) is 18.9. The van der Waals surface area contributed by atoms with Crippen LogP contribution in [0.1, 0.15) is 47.5 Å². The van der Waals surface area contributed by atoms with Gasteiger partial charge in [-0.15, -0.1) is 0 Å². The summed E-state index contributed by atoms with van der Waals surface area (Å²) in [7, 11) is -2.25. The summed E-state index contributed by atoms with van der Waals surface area (Å²) < 4.78 is 5.68. The number of hydrogen-bond donors (Lipinski definition) is 1. The van der Waals surface area contributed by atoms with E-state index in [4.69, 9.17) is 9.53 Å². The van der Waals surface area contributed by atoms with Crippen LogP contribution in [0.25, 0.3) is 0 Å². The summed E-state index contributed by atoms with van der Waals surface area (Å²) >= 11 is 0. The highest BCUT2D eigenvalue weighted by Gasteiger charge is 2.44. The molecule has 0 spiro atoms. The van der Waals surface area contributed by atoms with Gasteiger partial charge in [0.1, 0.15) is 0 Å². The summed E-state index contributed by atoms with van der Waals surface area (Å²) in [6, 6.07) is 0.904. The van der Waals surface area contributed by atoms with Gasteiger partial charge in [0, 0.05) is 12.2 Å². The lowest BCUT2D eigenvalue weighted by Crippen LogP contribution is -2.45. The summed E-state index contributed by atoms with van der Waals surface area (Å²) in [4.78, 5) is 22.2. The number of aliphatic carboxylic acids is 1. The predicted octanol–water partition coefficient (Wildman–Crippen LogP) is 3.98. The van der Waals surface area contributed by atoms with Crippen LogP contribution in [0, 0.1) is 5.92 Å². The third kappa shape index (κ3) is 6.89. The molecule has 0 aromatic heterocycles. The van der Waals surface area contributed by atoms with Crippen molar-refractivity contribution in [1.82, 2.24) is 0 Å². The average molecular weight is 300 g/mol. The standard InChI is InChI=1S/C15H28O4Si/c1-12(2)8-7-11-20(6,15(3,4)5)19-14(18)10-9-13(16)17/h9-10,12H,7-8,11H2,1-6H3,(H,16,17)/b10-9-. The SMILES string of the molecule is CC(C)CCC[Si](C)(OC(=O)/C=C\C(=O)O)C(C)(C)C. The third-order valence-corrected chi connectivity index (χ3v) is 8.84. The molecular weight excluding hydrogens is 272 g/mol. The van der Waals surface area contributed by atoms with Gasteiger partial charge in [-0.3, -0.25) is 0 Å². The molecule has 0 aromatic carbocycles. The zero-order valence-corrected chi connectivity index (χ0v) is 14.5. The van der Waals surface area contributed by atoms with Gasteiger partial charge in [-0.05, 0) is 23.5 Å². The van der Waals surface area contributed by atoms with Gasteiger partial charge >= 0.3 is 11.9 Å². The zero-order valence-electron chi connectivity index (χ0n) is 13.5. The van der Waals surface area contributed by atoms with Crippen LogP contribution in [-0.4, -0.2) is 25.4 Å². The maximum Gasteiger partial charge on any atom is 0.328 e. The molecule has 0 aliphatic heterocycles. The van der Waals surface area contributed by atoms with Crippen molar-refractivity contribution in [3.63, 3.8) is 0 Å². The Balaban J connectivity index is 4.79. The number of carbonyl (C=O) groups excluding carboxylic acids is 1. The van der Waals surface area contributed by atoms with Gasteiger partial charge in [0.2, 0.25) is 0 Å². The summed E-state index contributed by atoms with van der Waals surface area (Å²) in [5, 5.41) is 8.47. The highest BCUT2D eigenvalue weighted by atomic mass is 28.4. The Kier molecular flexibility index (Phi) is 7.20. The molecule has 0 radical (unpaired) electrons. The van der Waals surface area contributed by atoms with Crippen molar-refractivity contribution in [2.24, 2.45) is 5.92 Å². The van der Waals surface area contributed by atoms with E-state index in [0.29, 0.717) is 5.92 Å². The summed E-state index contributed by atoms with van der Waals surface area (Å²) in [6.45, 7) is 12.7. The molecule has 1 N–H and O–H groups in total. The molecule has 1 atom stereocenters. The number of rotatable bonds is 7. The first-order valence-electron chi connectivity index (χ1n) is 7.12. The van der Waals surface area contributed by atoms with E-state index in [0.717, 1.165) is 31.0 Å². The first-order valence-corrected chi connectivity index (χ1v) is 9.73. The number of hydrogen-bond acceptors (Lipinski definition) is 3. The Morgan fingerprint density at radius 3 is 2.20 bits per heavy atom. The highest BCUT2D eigenvalue weighted by molar-refractivity contribution is 6.76. The molecule has 20 heavy (non-hydrogen) atoms. The molecule has 0 fully saturated rings. The average Bonchev–Trinajstić information content (AvgIpc) is 2.24. The molecule has 0 heterocycles. The van der Waals surface area contributed by atoms with Crippen LogP contribution in [0.5, 0.6) is 0 Å². The Morgan fingerprint density at radius 1 is 1.25 bits per heavy atom. The molecule has 1 unspecified atom stereocenters. The van der Waals surface area contributed by atoms with Gasteiger partial charge in [0.05, 0.1) is 0 Å². The van der Waals surface area contributed by atoms with Crippen molar-refractivity contribution in [2.45, 2.75) is 65.1 Å². The second kappa shape index (κ2) is 7.62. The van der Waals surface area contributed by atoms with Crippen molar-refractivity contribution in [3.05, 3.63) is 12.2 Å². The molecule has 0 aromatic rings. The van der Waals surface area contributed by atoms with Crippen LogP contribution in [-0.2, 0) is 14.0 Å². The lowest BCUT2D eigenvalue weighted by molar-refractivity contribution is -0.133. The maximum absolute atomic E-state index is 11.8. The molecule has 4 nitrogen and oxygen atoms in total. The van der Waals surface area contributed by atoms with Crippen LogP contribution < -0.4 is 0 Å². The Hall–Kier alpha value is -1.10. The molecule has 0 aliphatic rings. The van der Waals surface area contributed by atoms with E-state index < -0.39 is 20.3 Å². The van der Waals surface area contributed by atoms with Crippen molar-refractivity contribution >= 4 is 20.3 Å². The maximum atomic E-state index is 11.8. The second-order valence-electron chi connectivity index (χ2n) is 6.86. The van der Waals surface area contributed by atoms with Gasteiger partial charge < -0.3 is 9.53 Å². The van der Waals surface area contributed by atoms with Crippen molar-refractivity contribution in [2.75, 3.05) is 0 Å². The van der Waals surface area contributed by atoms with Gasteiger partial charge in [-0.1, -0.05) is 47.5 Å². The van der Waals surface area contributed by atoms with Gasteiger partial charge in [-0.25, -0.2) is 9.59 Å². The molecule has 0 rings (SSSR count). The van der Waals surface area contributed by atoms with E-state index in [1.165, 1.54) is 0 Å². The predicted molar refractivity (Wildman–Crippen MR) is 83.1 cm³/mol. The van der Waals surface area contributed by atoms with E-state index in [-0.39, 0.29) is 5.04 Å². The molecule has 0 bridgehead atoms. The lowest BCUT2D eigenvalue weighted by Gasteiger charge is -2.38. The number of carbonyl (C=O) groups is 2. The van der Waals surface area contributed by atoms with Crippen LogP contribution in [0.3, 0.4) is 0 Å². The monoisotopic (exact) mass is 300 g/mol. The lowest BCUT2D eigenvalue weighted by atomic mass is 10.1. The van der Waals surface area contributed by atoms with E-state index in [9.17, 15) is 9.59 Å². The Labute approximate surface area is 123 Å². The van der Waals surface area contributed by atoms with Crippen LogP contribution in [0.15, 0.2) is 12.2 Å². The smallest absolute Gasteiger partial charge is 0.328 e. The van der Waals surface area contributed by atoms with Crippen LogP contribution in [0.2, 0.25) is 17.6 Å². The van der Waals surface area contributed by atoms with Crippen LogP contribution >= 0.6 is 0 Å². The quantitative estimate of drug-likeness (QED) is 0.570. The molecule has 0 saturated heterocycles. The summed E-state index contributed by atoms with van der Waals surface area (Å²) in [5.41, 5.74) is 0. The van der Waals surface area contributed by atoms with E-state index >= 15 is 0 Å². The molecule has 0 aliphatic carbocycles. The fraction of sp³-hybridized carbons (Fsp3) is 0.733. The van der Waals surface area contributed by atoms with Crippen molar-refractivity contribution in [3.8, 4) is 0 Å². The van der Waals surface area contributed by atoms with Gasteiger partial charge in [0.25, 0.3) is 8.32 Å². The minimum absolute atomic E-state index is 0.0727. The fourth-order valence-corrected chi connectivity index (χ4v) is 4.37. The second-order valence-corrected chi connectivity index (χ2v) is 11.5. The van der Waals surface area contributed by atoms with Crippen LogP contribution in [0.4, 0.5) is 0 Å². The normalized spacial score (nSPS) is 15.3. The van der Waals surface area contributed by atoms with Gasteiger partial charge in [0.15, 0.2) is 0 Å². The Morgan fingerprint density at radius 2 is 1.80 bits per heavy atom. The van der Waals surface area contributed by atoms with E-state index in [1.54, 1.807) is 0 Å². The third-order valence-electron chi connectivity index (χ3n) is 3.71.